The van der Waals surface area contributed by atoms with Gasteiger partial charge >= 0.3 is 5.97 Å². The van der Waals surface area contributed by atoms with Crippen LogP contribution in [0.2, 0.25) is 0 Å². The summed E-state index contributed by atoms with van der Waals surface area (Å²) in [6.07, 6.45) is 1.58. The average molecular weight is 535 g/mol. The van der Waals surface area contributed by atoms with Crippen molar-refractivity contribution >= 4 is 40.6 Å². The first kappa shape index (κ1) is 26.4. The number of nitrogens with zero attached hydrogens (tertiary/aromatic N) is 2. The molecule has 3 aromatic rings. The molecule has 38 heavy (non-hydrogen) atoms. The van der Waals surface area contributed by atoms with Gasteiger partial charge in [-0.15, -0.1) is 0 Å². The highest BCUT2D eigenvalue weighted by Gasteiger charge is 2.35. The molecular weight excluding hydrogens is 512 g/mol. The Labute approximate surface area is 221 Å². The van der Waals surface area contributed by atoms with Crippen LogP contribution in [0.1, 0.15) is 34.0 Å². The molecule has 0 atom stereocenters. The van der Waals surface area contributed by atoms with Gasteiger partial charge in [0.05, 0.1) is 28.5 Å². The zero-order valence-corrected chi connectivity index (χ0v) is 21.0. The summed E-state index contributed by atoms with van der Waals surface area (Å²) in [5, 5.41) is 19.6. The number of nitro groups is 1. The number of rotatable bonds is 10. The number of nitro benzene ring substituents is 1. The van der Waals surface area contributed by atoms with E-state index in [4.69, 9.17) is 14.6 Å². The van der Waals surface area contributed by atoms with Crippen molar-refractivity contribution in [2.45, 2.75) is 20.1 Å². The topological polar surface area (TPSA) is 136 Å². The van der Waals surface area contributed by atoms with Gasteiger partial charge in [0, 0.05) is 12.1 Å². The van der Waals surface area contributed by atoms with Gasteiger partial charge in [-0.1, -0.05) is 30.3 Å². The predicted molar refractivity (Wildman–Crippen MR) is 140 cm³/mol. The fraction of sp³-hybridized carbons (Fsp3) is 0.148. The quantitative estimate of drug-likeness (QED) is 0.203. The third-order valence-corrected chi connectivity index (χ3v) is 6.40. The molecule has 11 heteroatoms. The summed E-state index contributed by atoms with van der Waals surface area (Å²) in [6.45, 7) is 2.30. The first-order valence-electron chi connectivity index (χ1n) is 11.5. The molecule has 1 fully saturated rings. The number of aromatic carboxylic acids is 1. The molecule has 1 heterocycles. The maximum atomic E-state index is 12.9. The van der Waals surface area contributed by atoms with Crippen molar-refractivity contribution in [2.75, 3.05) is 6.61 Å². The van der Waals surface area contributed by atoms with E-state index in [0.717, 1.165) is 22.2 Å². The monoisotopic (exact) mass is 534 g/mol. The van der Waals surface area contributed by atoms with Crippen LogP contribution in [0.25, 0.3) is 6.08 Å². The SMILES string of the molecule is CCOc1cc(/C=C2/SC(=O)N(Cc3cccc([N+](=O)[O-])c3)C2=O)ccc1OCc1ccc(C(=O)O)cc1. The number of hydrogen-bond donors (Lipinski definition) is 1. The van der Waals surface area contributed by atoms with Crippen molar-refractivity contribution in [3.63, 3.8) is 0 Å². The smallest absolute Gasteiger partial charge is 0.335 e. The van der Waals surface area contributed by atoms with Crippen molar-refractivity contribution < 1.29 is 33.9 Å². The van der Waals surface area contributed by atoms with E-state index in [1.54, 1.807) is 42.5 Å². The number of hydrogen-bond acceptors (Lipinski definition) is 8. The van der Waals surface area contributed by atoms with Crippen molar-refractivity contribution in [1.29, 1.82) is 0 Å². The van der Waals surface area contributed by atoms with E-state index in [0.29, 0.717) is 29.2 Å². The molecule has 0 radical (unpaired) electrons. The van der Waals surface area contributed by atoms with Crippen molar-refractivity contribution in [2.24, 2.45) is 0 Å². The Kier molecular flexibility index (Phi) is 8.07. The number of thioether (sulfide) groups is 1. The van der Waals surface area contributed by atoms with Gasteiger partial charge in [0.2, 0.25) is 0 Å². The number of benzene rings is 3. The highest BCUT2D eigenvalue weighted by molar-refractivity contribution is 8.18. The first-order chi connectivity index (χ1) is 18.2. The molecular formula is C27H22N2O8S. The lowest BCUT2D eigenvalue weighted by atomic mass is 10.1. The molecule has 1 aliphatic rings. The Morgan fingerprint density at radius 1 is 1.03 bits per heavy atom. The van der Waals surface area contributed by atoms with Gasteiger partial charge in [0.1, 0.15) is 6.61 Å². The lowest BCUT2D eigenvalue weighted by Gasteiger charge is -2.13. The van der Waals surface area contributed by atoms with E-state index in [1.807, 2.05) is 6.92 Å². The highest BCUT2D eigenvalue weighted by atomic mass is 32.2. The fourth-order valence-corrected chi connectivity index (χ4v) is 4.48. The zero-order chi connectivity index (χ0) is 27.2. The third kappa shape index (κ3) is 6.19. The summed E-state index contributed by atoms with van der Waals surface area (Å²) in [7, 11) is 0. The highest BCUT2D eigenvalue weighted by Crippen LogP contribution is 2.36. The summed E-state index contributed by atoms with van der Waals surface area (Å²) < 4.78 is 11.6. The van der Waals surface area contributed by atoms with Crippen LogP contribution in [-0.4, -0.2) is 38.7 Å². The Hall–Kier alpha value is -4.64. The van der Waals surface area contributed by atoms with E-state index >= 15 is 0 Å². The molecule has 194 valence electrons. The van der Waals surface area contributed by atoms with Gasteiger partial charge in [-0.2, -0.15) is 0 Å². The summed E-state index contributed by atoms with van der Waals surface area (Å²) >= 11 is 0.791. The third-order valence-electron chi connectivity index (χ3n) is 5.50. The molecule has 1 aliphatic heterocycles. The molecule has 0 bridgehead atoms. The molecule has 0 spiro atoms. The van der Waals surface area contributed by atoms with Gasteiger partial charge in [0.15, 0.2) is 11.5 Å². The predicted octanol–water partition coefficient (Wildman–Crippen LogP) is 5.51. The summed E-state index contributed by atoms with van der Waals surface area (Å²) in [6, 6.07) is 17.2. The van der Waals surface area contributed by atoms with Crippen LogP contribution in [-0.2, 0) is 17.9 Å². The minimum absolute atomic E-state index is 0.0753. The van der Waals surface area contributed by atoms with Gasteiger partial charge < -0.3 is 14.6 Å². The van der Waals surface area contributed by atoms with Crippen molar-refractivity contribution in [3.05, 3.63) is 104 Å². The second-order valence-corrected chi connectivity index (χ2v) is 9.12. The van der Waals surface area contributed by atoms with Crippen LogP contribution >= 0.6 is 11.8 Å². The number of ether oxygens (including phenoxy) is 2. The second-order valence-electron chi connectivity index (χ2n) is 8.12. The zero-order valence-electron chi connectivity index (χ0n) is 20.2. The number of amides is 2. The Morgan fingerprint density at radius 3 is 2.47 bits per heavy atom. The molecule has 2 amide bonds. The molecule has 0 unspecified atom stereocenters. The Balaban J connectivity index is 1.48. The number of carboxylic acid groups (broad SMARTS) is 1. The summed E-state index contributed by atoms with van der Waals surface area (Å²) in [5.41, 5.74) is 1.93. The average Bonchev–Trinajstić information content (AvgIpc) is 3.16. The van der Waals surface area contributed by atoms with Crippen LogP contribution in [0.4, 0.5) is 10.5 Å². The van der Waals surface area contributed by atoms with E-state index in [2.05, 4.69) is 0 Å². The molecule has 0 saturated carbocycles. The fourth-order valence-electron chi connectivity index (χ4n) is 3.65. The van der Waals surface area contributed by atoms with Crippen LogP contribution in [0, 0.1) is 10.1 Å². The van der Waals surface area contributed by atoms with Crippen molar-refractivity contribution in [1.82, 2.24) is 4.90 Å². The molecule has 1 N–H and O–H groups in total. The lowest BCUT2D eigenvalue weighted by molar-refractivity contribution is -0.384. The molecule has 1 saturated heterocycles. The molecule has 0 aromatic heterocycles. The van der Waals surface area contributed by atoms with Crippen LogP contribution < -0.4 is 9.47 Å². The Morgan fingerprint density at radius 2 is 1.79 bits per heavy atom. The minimum Gasteiger partial charge on any atom is -0.490 e. The standard InChI is InChI=1S/C27H22N2O8S/c1-2-36-23-13-18(8-11-22(23)37-16-17-6-9-20(10-7-17)26(31)32)14-24-25(30)28(27(33)38-24)15-19-4-3-5-21(12-19)29(34)35/h3-14H,2,15-16H2,1H3,(H,31,32)/b24-14+. The van der Waals surface area contributed by atoms with Gasteiger partial charge in [-0.05, 0) is 65.7 Å². The molecule has 10 nitrogen and oxygen atoms in total. The van der Waals surface area contributed by atoms with Gasteiger partial charge in [0.25, 0.3) is 16.8 Å². The number of non-ortho nitro benzene ring substituents is 1. The van der Waals surface area contributed by atoms with Crippen LogP contribution in [0.3, 0.4) is 0 Å². The van der Waals surface area contributed by atoms with E-state index < -0.39 is 22.0 Å². The number of imide groups is 1. The largest absolute Gasteiger partial charge is 0.490 e. The normalized spacial score (nSPS) is 14.1. The van der Waals surface area contributed by atoms with Gasteiger partial charge in [-0.3, -0.25) is 24.6 Å². The first-order valence-corrected chi connectivity index (χ1v) is 12.3. The molecule has 0 aliphatic carbocycles. The maximum Gasteiger partial charge on any atom is 0.335 e. The minimum atomic E-state index is -1.01. The Bertz CT molecular complexity index is 1440. The van der Waals surface area contributed by atoms with Crippen LogP contribution in [0.5, 0.6) is 11.5 Å². The molecule has 3 aromatic carbocycles. The molecule has 4 rings (SSSR count). The summed E-state index contributed by atoms with van der Waals surface area (Å²) in [5.74, 6) is -0.590. The number of carbonyl (C=O) groups excluding carboxylic acids is 2. The van der Waals surface area contributed by atoms with E-state index in [9.17, 15) is 24.5 Å². The van der Waals surface area contributed by atoms with E-state index in [-0.39, 0.29) is 29.3 Å². The number of carbonyl (C=O) groups is 3. The van der Waals surface area contributed by atoms with Crippen molar-refractivity contribution in [3.8, 4) is 11.5 Å². The van der Waals surface area contributed by atoms with Gasteiger partial charge in [-0.25, -0.2) is 4.79 Å². The maximum absolute atomic E-state index is 12.9. The lowest BCUT2D eigenvalue weighted by Crippen LogP contribution is -2.27. The number of carboxylic acids is 1. The summed E-state index contributed by atoms with van der Waals surface area (Å²) in [4.78, 5) is 48.2. The van der Waals surface area contributed by atoms with E-state index in [1.165, 1.54) is 30.3 Å². The second kappa shape index (κ2) is 11.6. The van der Waals surface area contributed by atoms with Crippen LogP contribution in [0.15, 0.2) is 71.6 Å².